The molecule has 0 radical (unpaired) electrons. The van der Waals surface area contributed by atoms with Crippen LogP contribution >= 0.6 is 0 Å². The van der Waals surface area contributed by atoms with E-state index < -0.39 is 29.7 Å². The molecule has 0 aliphatic carbocycles. The van der Waals surface area contributed by atoms with Crippen LogP contribution in [0.2, 0.25) is 0 Å². The number of primary amides is 1. The summed E-state index contributed by atoms with van der Waals surface area (Å²) in [5, 5.41) is 8.24. The zero-order valence-corrected chi connectivity index (χ0v) is 17.3. The molecule has 1 aromatic rings. The van der Waals surface area contributed by atoms with Gasteiger partial charge >= 0.3 is 12.2 Å². The van der Waals surface area contributed by atoms with Crippen LogP contribution in [0.15, 0.2) is 30.3 Å². The average molecular weight is 408 g/mol. The second-order valence-electron chi connectivity index (χ2n) is 7.47. The van der Waals surface area contributed by atoms with E-state index in [1.807, 2.05) is 30.3 Å². The molecule has 0 fully saturated rings. The summed E-state index contributed by atoms with van der Waals surface area (Å²) in [6.07, 6.45) is -0.119. The van der Waals surface area contributed by atoms with E-state index in [0.29, 0.717) is 25.9 Å². The predicted molar refractivity (Wildman–Crippen MR) is 109 cm³/mol. The third-order valence-corrected chi connectivity index (χ3v) is 3.67. The topological polar surface area (TPSA) is 132 Å². The van der Waals surface area contributed by atoms with Crippen molar-refractivity contribution in [1.82, 2.24) is 16.0 Å². The van der Waals surface area contributed by atoms with Crippen LogP contribution in [0.4, 0.5) is 9.59 Å². The lowest BCUT2D eigenvalue weighted by molar-refractivity contribution is -0.120. The fraction of sp³-hybridized carbons (Fsp3) is 0.550. The Morgan fingerprint density at radius 2 is 1.66 bits per heavy atom. The number of nitrogens with two attached hydrogens (primary N) is 1. The molecule has 9 heteroatoms. The normalized spacial score (nSPS) is 12.0. The van der Waals surface area contributed by atoms with Crippen molar-refractivity contribution in [3.8, 4) is 0 Å². The third kappa shape index (κ3) is 12.3. The first kappa shape index (κ1) is 24.2. The van der Waals surface area contributed by atoms with Gasteiger partial charge in [0.25, 0.3) is 0 Å². The van der Waals surface area contributed by atoms with Crippen LogP contribution in [0.5, 0.6) is 0 Å². The highest BCUT2D eigenvalue weighted by Crippen LogP contribution is 2.06. The molecule has 0 unspecified atom stereocenters. The first-order chi connectivity index (χ1) is 13.7. The number of benzene rings is 1. The molecule has 3 amide bonds. The van der Waals surface area contributed by atoms with Crippen LogP contribution in [0.25, 0.3) is 0 Å². The Morgan fingerprint density at radius 3 is 2.28 bits per heavy atom. The van der Waals surface area contributed by atoms with Gasteiger partial charge in [0.1, 0.15) is 12.2 Å². The Kier molecular flexibility index (Phi) is 10.5. The number of nitrogens with one attached hydrogen (secondary N) is 3. The molecule has 5 N–H and O–H groups in total. The molecule has 0 aliphatic rings. The number of carbonyl (C=O) groups is 3. The highest BCUT2D eigenvalue weighted by Gasteiger charge is 2.18. The van der Waals surface area contributed by atoms with E-state index in [1.54, 1.807) is 20.8 Å². The van der Waals surface area contributed by atoms with Gasteiger partial charge in [0.2, 0.25) is 5.91 Å². The van der Waals surface area contributed by atoms with Crippen molar-refractivity contribution in [2.45, 2.75) is 51.9 Å². The molecule has 0 saturated heterocycles. The van der Waals surface area contributed by atoms with Crippen LogP contribution < -0.4 is 21.7 Å². The van der Waals surface area contributed by atoms with Gasteiger partial charge in [0.05, 0.1) is 6.04 Å². The van der Waals surface area contributed by atoms with Crippen molar-refractivity contribution in [3.63, 3.8) is 0 Å². The number of rotatable bonds is 11. The molecule has 0 aromatic heterocycles. The lowest BCUT2D eigenvalue weighted by Crippen LogP contribution is -2.44. The SMILES string of the molecule is CC(C)(C)OC(=O)NCC[C@H](NCCCNC(=O)OCc1ccccc1)C(N)=O. The maximum atomic E-state index is 11.6. The summed E-state index contributed by atoms with van der Waals surface area (Å²) in [6.45, 7) is 6.63. The minimum Gasteiger partial charge on any atom is -0.445 e. The fourth-order valence-corrected chi connectivity index (χ4v) is 2.31. The lowest BCUT2D eigenvalue weighted by Gasteiger charge is -2.20. The van der Waals surface area contributed by atoms with Crippen molar-refractivity contribution >= 4 is 18.1 Å². The van der Waals surface area contributed by atoms with E-state index in [1.165, 1.54) is 0 Å². The smallest absolute Gasteiger partial charge is 0.407 e. The summed E-state index contributed by atoms with van der Waals surface area (Å²) in [4.78, 5) is 34.8. The molecule has 0 saturated carbocycles. The Morgan fingerprint density at radius 1 is 1.00 bits per heavy atom. The number of alkyl carbamates (subject to hydrolysis) is 2. The summed E-state index contributed by atoms with van der Waals surface area (Å²) in [5.41, 5.74) is 5.71. The fourth-order valence-electron chi connectivity index (χ4n) is 2.31. The maximum Gasteiger partial charge on any atom is 0.407 e. The zero-order chi connectivity index (χ0) is 21.7. The standard InChI is InChI=1S/C20H32N4O5/c1-20(2,3)29-19(27)24-13-10-16(17(21)25)22-11-7-12-23-18(26)28-14-15-8-5-4-6-9-15/h4-6,8-9,16,22H,7,10-14H2,1-3H3,(H2,21,25)(H,23,26)(H,24,27)/t16-/m0/s1. The minimum atomic E-state index is -0.588. The van der Waals surface area contributed by atoms with Gasteiger partial charge in [-0.2, -0.15) is 0 Å². The van der Waals surface area contributed by atoms with Gasteiger partial charge in [-0.25, -0.2) is 9.59 Å². The first-order valence-corrected chi connectivity index (χ1v) is 9.61. The predicted octanol–water partition coefficient (Wildman–Crippen LogP) is 1.66. The highest BCUT2D eigenvalue weighted by atomic mass is 16.6. The molecule has 29 heavy (non-hydrogen) atoms. The molecule has 162 valence electrons. The Bertz CT molecular complexity index is 646. The number of carbonyl (C=O) groups excluding carboxylic acids is 3. The van der Waals surface area contributed by atoms with E-state index in [-0.39, 0.29) is 13.2 Å². The summed E-state index contributed by atoms with van der Waals surface area (Å²) >= 11 is 0. The lowest BCUT2D eigenvalue weighted by atomic mass is 10.2. The quantitative estimate of drug-likeness (QED) is 0.412. The van der Waals surface area contributed by atoms with Gasteiger partial charge in [-0.15, -0.1) is 0 Å². The summed E-state index contributed by atoms with van der Waals surface area (Å²) in [7, 11) is 0. The largest absolute Gasteiger partial charge is 0.445 e. The monoisotopic (exact) mass is 408 g/mol. The number of hydrogen-bond acceptors (Lipinski definition) is 6. The molecular weight excluding hydrogens is 376 g/mol. The average Bonchev–Trinajstić information content (AvgIpc) is 2.63. The van der Waals surface area contributed by atoms with Crippen molar-refractivity contribution in [1.29, 1.82) is 0 Å². The second kappa shape index (κ2) is 12.6. The number of ether oxygens (including phenoxy) is 2. The molecule has 9 nitrogen and oxygen atoms in total. The molecule has 1 aromatic carbocycles. The van der Waals surface area contributed by atoms with Crippen molar-refractivity contribution < 1.29 is 23.9 Å². The zero-order valence-electron chi connectivity index (χ0n) is 17.3. The van der Waals surface area contributed by atoms with Gasteiger partial charge in [0.15, 0.2) is 0 Å². The Hall–Kier alpha value is -2.81. The maximum absolute atomic E-state index is 11.6. The van der Waals surface area contributed by atoms with Crippen molar-refractivity contribution in [3.05, 3.63) is 35.9 Å². The van der Waals surface area contributed by atoms with Gasteiger partial charge in [-0.3, -0.25) is 4.79 Å². The second-order valence-corrected chi connectivity index (χ2v) is 7.47. The van der Waals surface area contributed by atoms with E-state index in [9.17, 15) is 14.4 Å². The number of hydrogen-bond donors (Lipinski definition) is 4. The first-order valence-electron chi connectivity index (χ1n) is 9.61. The van der Waals surface area contributed by atoms with E-state index in [2.05, 4.69) is 16.0 Å². The van der Waals surface area contributed by atoms with Crippen molar-refractivity contribution in [2.24, 2.45) is 5.73 Å². The summed E-state index contributed by atoms with van der Waals surface area (Å²) in [5.74, 6) is -0.508. The number of amides is 3. The molecular formula is C20H32N4O5. The van der Waals surface area contributed by atoms with Crippen LogP contribution in [0.3, 0.4) is 0 Å². The van der Waals surface area contributed by atoms with Gasteiger partial charge in [0, 0.05) is 13.1 Å². The van der Waals surface area contributed by atoms with E-state index in [0.717, 1.165) is 5.56 Å². The third-order valence-electron chi connectivity index (χ3n) is 3.67. The molecule has 1 atom stereocenters. The van der Waals surface area contributed by atoms with Crippen LogP contribution in [0.1, 0.15) is 39.2 Å². The van der Waals surface area contributed by atoms with Gasteiger partial charge in [-0.1, -0.05) is 30.3 Å². The van der Waals surface area contributed by atoms with E-state index in [4.69, 9.17) is 15.2 Å². The molecule has 1 rings (SSSR count). The van der Waals surface area contributed by atoms with Crippen LogP contribution in [-0.4, -0.2) is 49.4 Å². The molecule has 0 aliphatic heterocycles. The summed E-state index contributed by atoms with van der Waals surface area (Å²) in [6, 6.07) is 8.80. The molecule has 0 heterocycles. The van der Waals surface area contributed by atoms with Crippen LogP contribution in [0, 0.1) is 0 Å². The van der Waals surface area contributed by atoms with Gasteiger partial charge in [-0.05, 0) is 45.7 Å². The van der Waals surface area contributed by atoms with Crippen molar-refractivity contribution in [2.75, 3.05) is 19.6 Å². The van der Waals surface area contributed by atoms with Crippen LogP contribution in [-0.2, 0) is 20.9 Å². The van der Waals surface area contributed by atoms with E-state index >= 15 is 0 Å². The molecule has 0 spiro atoms. The summed E-state index contributed by atoms with van der Waals surface area (Å²) < 4.78 is 10.2. The molecule has 0 bridgehead atoms. The Labute approximate surface area is 171 Å². The highest BCUT2D eigenvalue weighted by molar-refractivity contribution is 5.79. The minimum absolute atomic E-state index is 0.208. The Balaban J connectivity index is 2.15. The van der Waals surface area contributed by atoms with Gasteiger partial charge < -0.3 is 31.2 Å².